The number of amides is 1. The highest BCUT2D eigenvalue weighted by Gasteiger charge is 2.46. The Hall–Kier alpha value is -1.65. The normalized spacial score (nSPS) is 27.3. The van der Waals surface area contributed by atoms with Crippen LogP contribution < -0.4 is 4.90 Å². The number of para-hydroxylation sites is 1. The predicted octanol–water partition coefficient (Wildman–Crippen LogP) is 3.93. The fourth-order valence-electron chi connectivity index (χ4n) is 3.70. The van der Waals surface area contributed by atoms with E-state index in [0.717, 1.165) is 24.3 Å². The van der Waals surface area contributed by atoms with Gasteiger partial charge in [0.05, 0.1) is 17.8 Å². The summed E-state index contributed by atoms with van der Waals surface area (Å²) in [7, 11) is 0. The van der Waals surface area contributed by atoms with Crippen LogP contribution in [0, 0.1) is 5.92 Å². The van der Waals surface area contributed by atoms with Crippen LogP contribution in [0.2, 0.25) is 0 Å². The topological polar surface area (TPSA) is 29.5 Å². The summed E-state index contributed by atoms with van der Waals surface area (Å²) < 4.78 is 6.01. The minimum atomic E-state index is 0.102. The molecule has 1 aromatic carbocycles. The Morgan fingerprint density at radius 3 is 2.90 bits per heavy atom. The SMILES string of the molecule is CC(=O)N1c2ccccc2[C@@H]2OCC[C@@H]2[C@H]1c1cccs1. The number of ether oxygens (including phenoxy) is 1. The first-order valence-electron chi connectivity index (χ1n) is 7.31. The molecule has 3 heterocycles. The molecule has 1 saturated heterocycles. The quantitative estimate of drug-likeness (QED) is 0.798. The maximum Gasteiger partial charge on any atom is 0.224 e. The molecule has 1 fully saturated rings. The molecule has 3 atom stereocenters. The van der Waals surface area contributed by atoms with E-state index in [1.807, 2.05) is 23.1 Å². The molecule has 0 radical (unpaired) electrons. The zero-order valence-electron chi connectivity index (χ0n) is 11.9. The van der Waals surface area contributed by atoms with E-state index in [0.29, 0.717) is 5.92 Å². The fourth-order valence-corrected chi connectivity index (χ4v) is 4.59. The number of carbonyl (C=O) groups excluding carboxylic acids is 1. The highest BCUT2D eigenvalue weighted by atomic mass is 32.1. The van der Waals surface area contributed by atoms with Crippen LogP contribution in [0.25, 0.3) is 0 Å². The third-order valence-electron chi connectivity index (χ3n) is 4.50. The van der Waals surface area contributed by atoms with E-state index >= 15 is 0 Å². The first-order valence-corrected chi connectivity index (χ1v) is 8.19. The molecule has 2 aliphatic heterocycles. The van der Waals surface area contributed by atoms with Gasteiger partial charge in [0.2, 0.25) is 5.91 Å². The van der Waals surface area contributed by atoms with Crippen molar-refractivity contribution < 1.29 is 9.53 Å². The van der Waals surface area contributed by atoms with Gasteiger partial charge in [-0.15, -0.1) is 11.3 Å². The number of hydrogen-bond donors (Lipinski definition) is 0. The molecule has 0 spiro atoms. The zero-order valence-corrected chi connectivity index (χ0v) is 12.7. The van der Waals surface area contributed by atoms with E-state index in [1.165, 1.54) is 4.88 Å². The van der Waals surface area contributed by atoms with E-state index < -0.39 is 0 Å². The zero-order chi connectivity index (χ0) is 14.4. The summed E-state index contributed by atoms with van der Waals surface area (Å²) in [4.78, 5) is 15.6. The Balaban J connectivity index is 1.91. The number of anilines is 1. The van der Waals surface area contributed by atoms with Crippen LogP contribution in [0.1, 0.15) is 35.9 Å². The van der Waals surface area contributed by atoms with Gasteiger partial charge in [-0.2, -0.15) is 0 Å². The molecule has 2 aromatic rings. The van der Waals surface area contributed by atoms with Crippen molar-refractivity contribution in [3.05, 3.63) is 52.2 Å². The van der Waals surface area contributed by atoms with Gasteiger partial charge in [0.25, 0.3) is 0 Å². The highest BCUT2D eigenvalue weighted by Crippen LogP contribution is 2.53. The number of thiophene rings is 1. The molecule has 1 amide bonds. The van der Waals surface area contributed by atoms with Gasteiger partial charge in [-0.1, -0.05) is 24.3 Å². The Kier molecular flexibility index (Phi) is 3.08. The molecule has 4 rings (SSSR count). The van der Waals surface area contributed by atoms with Crippen molar-refractivity contribution in [3.8, 4) is 0 Å². The summed E-state index contributed by atoms with van der Waals surface area (Å²) in [6, 6.07) is 12.5. The lowest BCUT2D eigenvalue weighted by atomic mass is 9.82. The molecular weight excluding hydrogens is 282 g/mol. The predicted molar refractivity (Wildman–Crippen MR) is 83.5 cm³/mol. The molecular formula is C17H17NO2S. The fraction of sp³-hybridized carbons (Fsp3) is 0.353. The summed E-state index contributed by atoms with van der Waals surface area (Å²) in [6.07, 6.45) is 1.12. The molecule has 108 valence electrons. The standard InChI is InChI=1S/C17H17NO2S/c1-11(19)18-14-6-3-2-5-12(14)17-13(8-9-20-17)16(18)15-7-4-10-21-15/h2-7,10,13,16-17H,8-9H2,1H3/t13-,16+,17+/m1/s1. The maximum absolute atomic E-state index is 12.3. The number of nitrogens with zero attached hydrogens (tertiary/aromatic N) is 1. The van der Waals surface area contributed by atoms with Gasteiger partial charge in [-0.3, -0.25) is 4.79 Å². The van der Waals surface area contributed by atoms with Crippen LogP contribution in [0.3, 0.4) is 0 Å². The average molecular weight is 299 g/mol. The van der Waals surface area contributed by atoms with Crippen LogP contribution in [-0.2, 0) is 9.53 Å². The van der Waals surface area contributed by atoms with Crippen molar-refractivity contribution in [1.82, 2.24) is 0 Å². The molecule has 0 N–H and O–H groups in total. The van der Waals surface area contributed by atoms with Crippen LogP contribution in [0.4, 0.5) is 5.69 Å². The summed E-state index contributed by atoms with van der Waals surface area (Å²) in [5.74, 6) is 0.452. The lowest BCUT2D eigenvalue weighted by molar-refractivity contribution is -0.117. The Morgan fingerprint density at radius 1 is 1.29 bits per heavy atom. The number of rotatable bonds is 1. The van der Waals surface area contributed by atoms with E-state index in [9.17, 15) is 4.79 Å². The van der Waals surface area contributed by atoms with Gasteiger partial charge in [-0.25, -0.2) is 0 Å². The van der Waals surface area contributed by atoms with Crippen molar-refractivity contribution in [2.75, 3.05) is 11.5 Å². The largest absolute Gasteiger partial charge is 0.373 e. The second kappa shape index (κ2) is 4.97. The second-order valence-corrected chi connectivity index (χ2v) is 6.63. The number of hydrogen-bond acceptors (Lipinski definition) is 3. The Morgan fingerprint density at radius 2 is 2.14 bits per heavy atom. The van der Waals surface area contributed by atoms with Gasteiger partial charge < -0.3 is 9.64 Å². The lowest BCUT2D eigenvalue weighted by Crippen LogP contribution is -2.42. The van der Waals surface area contributed by atoms with Gasteiger partial charge in [0.1, 0.15) is 0 Å². The molecule has 0 aliphatic carbocycles. The highest BCUT2D eigenvalue weighted by molar-refractivity contribution is 7.10. The summed E-state index contributed by atoms with van der Waals surface area (Å²) in [5, 5.41) is 2.08. The lowest BCUT2D eigenvalue weighted by Gasteiger charge is -2.42. The van der Waals surface area contributed by atoms with Crippen LogP contribution >= 0.6 is 11.3 Å². The first-order chi connectivity index (χ1) is 10.3. The number of fused-ring (bicyclic) bond motifs is 3. The van der Waals surface area contributed by atoms with Gasteiger partial charge >= 0.3 is 0 Å². The molecule has 4 heteroatoms. The van der Waals surface area contributed by atoms with Crippen molar-refractivity contribution in [1.29, 1.82) is 0 Å². The maximum atomic E-state index is 12.3. The number of benzene rings is 1. The van der Waals surface area contributed by atoms with Crippen molar-refractivity contribution >= 4 is 22.9 Å². The monoisotopic (exact) mass is 299 g/mol. The molecule has 0 bridgehead atoms. The van der Waals surface area contributed by atoms with Crippen LogP contribution in [0.5, 0.6) is 0 Å². The third kappa shape index (κ3) is 1.93. The summed E-state index contributed by atoms with van der Waals surface area (Å²) >= 11 is 1.72. The van der Waals surface area contributed by atoms with E-state index in [1.54, 1.807) is 18.3 Å². The molecule has 21 heavy (non-hydrogen) atoms. The van der Waals surface area contributed by atoms with E-state index in [4.69, 9.17) is 4.74 Å². The smallest absolute Gasteiger partial charge is 0.224 e. The van der Waals surface area contributed by atoms with Gasteiger partial charge in [0.15, 0.2) is 0 Å². The molecule has 0 unspecified atom stereocenters. The minimum absolute atomic E-state index is 0.102. The molecule has 0 saturated carbocycles. The average Bonchev–Trinajstić information content (AvgIpc) is 3.17. The first kappa shape index (κ1) is 13.0. The summed E-state index contributed by atoms with van der Waals surface area (Å²) in [5.41, 5.74) is 2.16. The minimum Gasteiger partial charge on any atom is -0.373 e. The molecule has 2 aliphatic rings. The van der Waals surface area contributed by atoms with Crippen molar-refractivity contribution in [2.45, 2.75) is 25.5 Å². The second-order valence-electron chi connectivity index (χ2n) is 5.65. The number of carbonyl (C=O) groups is 1. The Labute approximate surface area is 128 Å². The van der Waals surface area contributed by atoms with E-state index in [2.05, 4.69) is 23.6 Å². The van der Waals surface area contributed by atoms with Crippen LogP contribution in [0.15, 0.2) is 41.8 Å². The van der Waals surface area contributed by atoms with Crippen molar-refractivity contribution in [2.24, 2.45) is 5.92 Å². The van der Waals surface area contributed by atoms with E-state index in [-0.39, 0.29) is 18.1 Å². The molecule has 3 nitrogen and oxygen atoms in total. The van der Waals surface area contributed by atoms with Crippen LogP contribution in [-0.4, -0.2) is 12.5 Å². The Bertz CT molecular complexity index is 667. The van der Waals surface area contributed by atoms with Crippen molar-refractivity contribution in [3.63, 3.8) is 0 Å². The summed E-state index contributed by atoms with van der Waals surface area (Å²) in [6.45, 7) is 2.44. The third-order valence-corrected chi connectivity index (χ3v) is 5.44. The van der Waals surface area contributed by atoms with Gasteiger partial charge in [0, 0.05) is 29.9 Å². The van der Waals surface area contributed by atoms with Gasteiger partial charge in [-0.05, 0) is 23.9 Å². The molecule has 1 aromatic heterocycles.